The van der Waals surface area contributed by atoms with Crippen LogP contribution in [-0.4, -0.2) is 5.78 Å². The van der Waals surface area contributed by atoms with Gasteiger partial charge >= 0.3 is 0 Å². The van der Waals surface area contributed by atoms with E-state index in [1.165, 1.54) is 26.8 Å². The molecule has 0 N–H and O–H groups in total. The number of carbonyl (C=O) groups excluding carboxylic acids is 1. The van der Waals surface area contributed by atoms with Crippen LogP contribution in [0.1, 0.15) is 22.2 Å². The number of fused-ring (bicyclic) bond motifs is 3. The van der Waals surface area contributed by atoms with E-state index in [1.807, 2.05) is 13.0 Å². The van der Waals surface area contributed by atoms with Crippen molar-refractivity contribution in [1.29, 1.82) is 0 Å². The highest BCUT2D eigenvalue weighted by Crippen LogP contribution is 2.43. The van der Waals surface area contributed by atoms with Crippen molar-refractivity contribution in [3.63, 3.8) is 0 Å². The Hall–Kier alpha value is -1.93. The Labute approximate surface area is 121 Å². The van der Waals surface area contributed by atoms with Crippen LogP contribution in [0.2, 0.25) is 0 Å². The van der Waals surface area contributed by atoms with Gasteiger partial charge < -0.3 is 0 Å². The van der Waals surface area contributed by atoms with Crippen LogP contribution in [-0.2, 0) is 6.42 Å². The van der Waals surface area contributed by atoms with E-state index in [9.17, 15) is 4.79 Å². The van der Waals surface area contributed by atoms with Gasteiger partial charge in [0.05, 0.1) is 4.88 Å². The summed E-state index contributed by atoms with van der Waals surface area (Å²) < 4.78 is 1.23. The molecule has 1 aliphatic carbocycles. The van der Waals surface area contributed by atoms with Crippen LogP contribution in [0.4, 0.5) is 0 Å². The first-order valence-corrected chi connectivity index (χ1v) is 7.71. The number of hydrogen-bond acceptors (Lipinski definition) is 2. The van der Waals surface area contributed by atoms with Crippen molar-refractivity contribution in [2.24, 2.45) is 5.92 Å². The number of hydrogen-bond donors (Lipinski definition) is 0. The second kappa shape index (κ2) is 4.29. The predicted molar refractivity (Wildman–Crippen MR) is 84.5 cm³/mol. The van der Waals surface area contributed by atoms with E-state index in [-0.39, 0.29) is 5.92 Å². The minimum Gasteiger partial charge on any atom is -0.293 e. The highest BCUT2D eigenvalue weighted by molar-refractivity contribution is 7.21. The van der Waals surface area contributed by atoms with Crippen molar-refractivity contribution in [3.8, 4) is 11.1 Å². The van der Waals surface area contributed by atoms with Crippen molar-refractivity contribution < 1.29 is 4.79 Å². The fourth-order valence-electron chi connectivity index (χ4n) is 3.09. The molecule has 1 unspecified atom stereocenters. The normalized spacial score (nSPS) is 17.6. The first-order chi connectivity index (χ1) is 9.75. The fraction of sp³-hybridized carbons (Fsp3) is 0.167. The lowest BCUT2D eigenvalue weighted by atomic mass is 9.98. The van der Waals surface area contributed by atoms with E-state index >= 15 is 0 Å². The number of rotatable bonds is 1. The first-order valence-electron chi connectivity index (χ1n) is 6.89. The quantitative estimate of drug-likeness (QED) is 0.616. The van der Waals surface area contributed by atoms with Crippen molar-refractivity contribution in [3.05, 3.63) is 59.0 Å². The summed E-state index contributed by atoms with van der Waals surface area (Å²) in [6, 6.07) is 16.8. The van der Waals surface area contributed by atoms with Gasteiger partial charge in [0.2, 0.25) is 0 Å². The topological polar surface area (TPSA) is 17.1 Å². The van der Waals surface area contributed by atoms with Gasteiger partial charge in [0.25, 0.3) is 0 Å². The van der Waals surface area contributed by atoms with Crippen molar-refractivity contribution in [2.75, 3.05) is 0 Å². The van der Waals surface area contributed by atoms with Gasteiger partial charge in [0.1, 0.15) is 0 Å². The Morgan fingerprint density at radius 2 is 1.85 bits per heavy atom. The van der Waals surface area contributed by atoms with Gasteiger partial charge in [-0.15, -0.1) is 11.3 Å². The molecule has 0 saturated heterocycles. The van der Waals surface area contributed by atoms with Crippen LogP contribution in [0.15, 0.2) is 48.5 Å². The Morgan fingerprint density at radius 1 is 1.05 bits per heavy atom. The molecule has 0 radical (unpaired) electrons. The summed E-state index contributed by atoms with van der Waals surface area (Å²) in [7, 11) is 0. The zero-order valence-corrected chi connectivity index (χ0v) is 12.0. The van der Waals surface area contributed by atoms with Crippen molar-refractivity contribution in [2.45, 2.75) is 13.3 Å². The van der Waals surface area contributed by atoms with Gasteiger partial charge in [-0.25, -0.2) is 0 Å². The third-order valence-electron chi connectivity index (χ3n) is 4.08. The largest absolute Gasteiger partial charge is 0.293 e. The summed E-state index contributed by atoms with van der Waals surface area (Å²) in [5.41, 5.74) is 3.75. The van der Waals surface area contributed by atoms with Crippen LogP contribution < -0.4 is 0 Å². The molecule has 2 aromatic carbocycles. The lowest BCUT2D eigenvalue weighted by Gasteiger charge is -2.06. The van der Waals surface area contributed by atoms with E-state index in [4.69, 9.17) is 0 Å². The van der Waals surface area contributed by atoms with Gasteiger partial charge in [0.15, 0.2) is 5.78 Å². The zero-order chi connectivity index (χ0) is 13.7. The molecule has 3 aromatic rings. The molecule has 1 aliphatic rings. The van der Waals surface area contributed by atoms with Crippen molar-refractivity contribution in [1.82, 2.24) is 0 Å². The average Bonchev–Trinajstić information content (AvgIpc) is 2.98. The monoisotopic (exact) mass is 278 g/mol. The smallest absolute Gasteiger partial charge is 0.176 e. The molecule has 1 heterocycles. The molecule has 0 bridgehead atoms. The minimum absolute atomic E-state index is 0.143. The highest BCUT2D eigenvalue weighted by atomic mass is 32.1. The van der Waals surface area contributed by atoms with E-state index in [0.29, 0.717) is 5.78 Å². The molecule has 0 spiro atoms. The summed E-state index contributed by atoms with van der Waals surface area (Å²) in [6.45, 7) is 2.03. The van der Waals surface area contributed by atoms with Gasteiger partial charge in [0, 0.05) is 16.0 Å². The molecule has 2 heteroatoms. The number of benzene rings is 2. The van der Waals surface area contributed by atoms with Crippen LogP contribution in [0.25, 0.3) is 21.2 Å². The molecular weight excluding hydrogens is 264 g/mol. The Bertz CT molecular complexity index is 814. The molecule has 98 valence electrons. The van der Waals surface area contributed by atoms with Crippen LogP contribution in [0.5, 0.6) is 0 Å². The second-order valence-corrected chi connectivity index (χ2v) is 6.48. The lowest BCUT2D eigenvalue weighted by Crippen LogP contribution is -2.02. The molecule has 0 saturated carbocycles. The first kappa shape index (κ1) is 11.9. The summed E-state index contributed by atoms with van der Waals surface area (Å²) in [5, 5.41) is 1.29. The standard InChI is InChI=1S/C18H14OS/c1-11-10-14-16-13(12-6-3-2-4-7-12)8-5-9-15(16)20-18(14)17(11)19/h2-9,11H,10H2,1H3. The van der Waals surface area contributed by atoms with Gasteiger partial charge in [-0.3, -0.25) is 4.79 Å². The van der Waals surface area contributed by atoms with Crippen LogP contribution >= 0.6 is 11.3 Å². The number of ketones is 1. The molecule has 4 rings (SSSR count). The summed E-state index contributed by atoms with van der Waals surface area (Å²) in [6.07, 6.45) is 0.887. The number of Topliss-reactive ketones (excluding diaryl/α,β-unsaturated/α-hetero) is 1. The fourth-order valence-corrected chi connectivity index (χ4v) is 4.40. The van der Waals surface area contributed by atoms with Gasteiger partial charge in [-0.1, -0.05) is 49.4 Å². The number of thiophene rings is 1. The zero-order valence-electron chi connectivity index (χ0n) is 11.2. The maximum Gasteiger partial charge on any atom is 0.176 e. The third kappa shape index (κ3) is 1.58. The maximum absolute atomic E-state index is 12.2. The molecule has 0 amide bonds. The highest BCUT2D eigenvalue weighted by Gasteiger charge is 2.31. The molecule has 0 aliphatic heterocycles. The Balaban J connectivity index is 2.05. The maximum atomic E-state index is 12.2. The van der Waals surface area contributed by atoms with Crippen LogP contribution in [0.3, 0.4) is 0 Å². The summed E-state index contributed by atoms with van der Waals surface area (Å²) >= 11 is 1.66. The molecule has 1 atom stereocenters. The lowest BCUT2D eigenvalue weighted by molar-refractivity contribution is 0.0949. The number of carbonyl (C=O) groups is 1. The average molecular weight is 278 g/mol. The molecule has 1 nitrogen and oxygen atoms in total. The van der Waals surface area contributed by atoms with E-state index in [2.05, 4.69) is 42.5 Å². The second-order valence-electron chi connectivity index (χ2n) is 5.42. The molecule has 20 heavy (non-hydrogen) atoms. The summed E-state index contributed by atoms with van der Waals surface area (Å²) in [4.78, 5) is 13.2. The molecule has 0 fully saturated rings. The van der Waals surface area contributed by atoms with E-state index in [0.717, 1.165) is 11.3 Å². The molecule has 1 aromatic heterocycles. The van der Waals surface area contributed by atoms with E-state index < -0.39 is 0 Å². The predicted octanol–water partition coefficient (Wildman–Crippen LogP) is 4.94. The van der Waals surface area contributed by atoms with Gasteiger partial charge in [-0.05, 0) is 29.2 Å². The van der Waals surface area contributed by atoms with Crippen LogP contribution in [0, 0.1) is 5.92 Å². The molecular formula is C18H14OS. The summed E-state index contributed by atoms with van der Waals surface area (Å²) in [5.74, 6) is 0.463. The SMILES string of the molecule is CC1Cc2c(sc3cccc(-c4ccccc4)c23)C1=O. The third-order valence-corrected chi connectivity index (χ3v) is 5.29. The Morgan fingerprint density at radius 3 is 2.65 bits per heavy atom. The minimum atomic E-state index is 0.143. The van der Waals surface area contributed by atoms with E-state index in [1.54, 1.807) is 11.3 Å². The van der Waals surface area contributed by atoms with Gasteiger partial charge in [-0.2, -0.15) is 0 Å². The van der Waals surface area contributed by atoms with Crippen molar-refractivity contribution >= 4 is 27.2 Å². The Kier molecular flexibility index (Phi) is 2.54.